The largest absolute Gasteiger partial charge is 0.324 e. The van der Waals surface area contributed by atoms with Gasteiger partial charge in [-0.3, -0.25) is 5.10 Å². The van der Waals surface area contributed by atoms with Crippen LogP contribution in [0.4, 0.5) is 10.5 Å². The molecule has 0 aliphatic carbocycles. The monoisotopic (exact) mass is 366 g/mol. The van der Waals surface area contributed by atoms with Crippen molar-refractivity contribution in [2.24, 2.45) is 0 Å². The van der Waals surface area contributed by atoms with Gasteiger partial charge in [0.15, 0.2) is 11.6 Å². The molecule has 0 saturated carbocycles. The van der Waals surface area contributed by atoms with Gasteiger partial charge in [0, 0.05) is 44.0 Å². The fourth-order valence-electron chi connectivity index (χ4n) is 3.26. The summed E-state index contributed by atoms with van der Waals surface area (Å²) in [6.07, 6.45) is 7.71. The Bertz CT molecular complexity index is 896. The van der Waals surface area contributed by atoms with Crippen LogP contribution < -0.4 is 5.32 Å². The minimum Gasteiger partial charge on any atom is -0.324 e. The van der Waals surface area contributed by atoms with E-state index in [0.717, 1.165) is 30.9 Å². The summed E-state index contributed by atoms with van der Waals surface area (Å²) in [5, 5.41) is 14.4. The summed E-state index contributed by atoms with van der Waals surface area (Å²) in [6, 6.07) is 5.31. The lowest BCUT2D eigenvalue weighted by Gasteiger charge is -2.31. The van der Waals surface area contributed by atoms with E-state index in [1.165, 1.54) is 0 Å². The van der Waals surface area contributed by atoms with Crippen LogP contribution >= 0.6 is 0 Å². The molecule has 3 aromatic heterocycles. The van der Waals surface area contributed by atoms with Crippen molar-refractivity contribution in [1.82, 2.24) is 34.8 Å². The molecule has 1 aliphatic heterocycles. The number of nitrogens with one attached hydrogen (secondary N) is 2. The Kier molecular flexibility index (Phi) is 4.82. The molecule has 2 amide bonds. The second-order valence-electron chi connectivity index (χ2n) is 6.51. The number of urea groups is 1. The zero-order valence-electron chi connectivity index (χ0n) is 15.2. The highest BCUT2D eigenvalue weighted by Gasteiger charge is 2.26. The SMILES string of the molecule is CCc1nc(C2CCN(C(=O)Nc3cccnc3-n3cccn3)CC2)n[nH]1. The molecule has 0 unspecified atom stereocenters. The highest BCUT2D eigenvalue weighted by atomic mass is 16.2. The number of aromatic nitrogens is 6. The summed E-state index contributed by atoms with van der Waals surface area (Å²) in [6.45, 7) is 3.39. The van der Waals surface area contributed by atoms with Gasteiger partial charge >= 0.3 is 6.03 Å². The third kappa shape index (κ3) is 3.67. The quantitative estimate of drug-likeness (QED) is 0.737. The molecule has 4 rings (SSSR count). The van der Waals surface area contributed by atoms with Gasteiger partial charge in [-0.05, 0) is 31.0 Å². The number of aryl methyl sites for hydroxylation is 1. The van der Waals surface area contributed by atoms with Crippen LogP contribution in [-0.2, 0) is 6.42 Å². The Morgan fingerprint density at radius 2 is 2.15 bits per heavy atom. The lowest BCUT2D eigenvalue weighted by molar-refractivity contribution is 0.193. The highest BCUT2D eigenvalue weighted by Crippen LogP contribution is 2.26. The van der Waals surface area contributed by atoms with Crippen molar-refractivity contribution in [3.8, 4) is 5.82 Å². The normalized spacial score (nSPS) is 15.1. The number of aromatic amines is 1. The number of likely N-dealkylation sites (tertiary alicyclic amines) is 1. The fourth-order valence-corrected chi connectivity index (χ4v) is 3.26. The summed E-state index contributed by atoms with van der Waals surface area (Å²) < 4.78 is 1.64. The molecule has 9 nitrogen and oxygen atoms in total. The number of anilines is 1. The van der Waals surface area contributed by atoms with Crippen molar-refractivity contribution in [2.75, 3.05) is 18.4 Å². The van der Waals surface area contributed by atoms with E-state index in [1.807, 2.05) is 24.0 Å². The van der Waals surface area contributed by atoms with Crippen molar-refractivity contribution in [3.05, 3.63) is 48.4 Å². The van der Waals surface area contributed by atoms with Gasteiger partial charge in [-0.2, -0.15) is 10.2 Å². The van der Waals surface area contributed by atoms with Crippen LogP contribution in [0.2, 0.25) is 0 Å². The third-order valence-corrected chi connectivity index (χ3v) is 4.78. The van der Waals surface area contributed by atoms with Gasteiger partial charge in [0.2, 0.25) is 0 Å². The number of piperidine rings is 1. The van der Waals surface area contributed by atoms with Gasteiger partial charge in [-0.15, -0.1) is 0 Å². The van der Waals surface area contributed by atoms with Crippen molar-refractivity contribution in [1.29, 1.82) is 0 Å². The molecule has 140 valence electrons. The standard InChI is InChI=1S/C18H22N8O/c1-2-15-22-16(24-23-15)13-6-11-25(12-7-13)18(27)21-14-5-3-8-19-17(14)26-10-4-9-20-26/h3-5,8-10,13H,2,6-7,11-12H2,1H3,(H,21,27)(H,22,23,24). The first-order chi connectivity index (χ1) is 13.2. The summed E-state index contributed by atoms with van der Waals surface area (Å²) in [7, 11) is 0. The van der Waals surface area contributed by atoms with Gasteiger partial charge in [0.05, 0.1) is 5.69 Å². The number of pyridine rings is 1. The van der Waals surface area contributed by atoms with E-state index in [4.69, 9.17) is 0 Å². The molecule has 0 radical (unpaired) electrons. The number of hydrogen-bond acceptors (Lipinski definition) is 5. The number of nitrogens with zero attached hydrogens (tertiary/aromatic N) is 6. The van der Waals surface area contributed by atoms with E-state index in [2.05, 4.69) is 30.6 Å². The van der Waals surface area contributed by atoms with E-state index in [1.54, 1.807) is 29.3 Å². The first kappa shape index (κ1) is 17.2. The number of rotatable bonds is 4. The van der Waals surface area contributed by atoms with Gasteiger partial charge in [-0.25, -0.2) is 19.4 Å². The number of carbonyl (C=O) groups is 1. The molecule has 4 heterocycles. The second kappa shape index (κ2) is 7.56. The van der Waals surface area contributed by atoms with Crippen molar-refractivity contribution < 1.29 is 4.79 Å². The topological polar surface area (TPSA) is 105 Å². The van der Waals surface area contributed by atoms with Crippen LogP contribution in [0.25, 0.3) is 5.82 Å². The zero-order chi connectivity index (χ0) is 18.6. The Labute approximate surface area is 156 Å². The first-order valence-electron chi connectivity index (χ1n) is 9.16. The molecule has 27 heavy (non-hydrogen) atoms. The van der Waals surface area contributed by atoms with Gasteiger partial charge in [0.25, 0.3) is 0 Å². The van der Waals surface area contributed by atoms with Crippen LogP contribution in [0, 0.1) is 0 Å². The smallest absolute Gasteiger partial charge is 0.321 e. The molecular formula is C18H22N8O. The molecule has 0 atom stereocenters. The molecule has 0 bridgehead atoms. The van der Waals surface area contributed by atoms with Crippen LogP contribution in [0.1, 0.15) is 37.3 Å². The summed E-state index contributed by atoms with van der Waals surface area (Å²) >= 11 is 0. The average molecular weight is 366 g/mol. The van der Waals surface area contributed by atoms with Crippen LogP contribution in [0.5, 0.6) is 0 Å². The molecule has 1 saturated heterocycles. The van der Waals surface area contributed by atoms with Crippen LogP contribution in [0.3, 0.4) is 0 Å². The number of amides is 2. The summed E-state index contributed by atoms with van der Waals surface area (Å²) in [4.78, 5) is 23.4. The van der Waals surface area contributed by atoms with Crippen molar-refractivity contribution >= 4 is 11.7 Å². The number of H-pyrrole nitrogens is 1. The Balaban J connectivity index is 1.39. The van der Waals surface area contributed by atoms with Gasteiger partial charge < -0.3 is 10.2 Å². The molecule has 1 aliphatic rings. The maximum Gasteiger partial charge on any atom is 0.321 e. The predicted octanol–water partition coefficient (Wildman–Crippen LogP) is 2.36. The molecule has 0 aromatic carbocycles. The Hall–Kier alpha value is -3.23. The molecule has 3 aromatic rings. The average Bonchev–Trinajstić information content (AvgIpc) is 3.40. The minimum atomic E-state index is -0.126. The number of carbonyl (C=O) groups excluding carboxylic acids is 1. The maximum absolute atomic E-state index is 12.7. The maximum atomic E-state index is 12.7. The predicted molar refractivity (Wildman–Crippen MR) is 99.7 cm³/mol. The van der Waals surface area contributed by atoms with Crippen LogP contribution in [-0.4, -0.2) is 54.0 Å². The van der Waals surface area contributed by atoms with E-state index >= 15 is 0 Å². The third-order valence-electron chi connectivity index (χ3n) is 4.78. The molecule has 9 heteroatoms. The van der Waals surface area contributed by atoms with E-state index < -0.39 is 0 Å². The fraction of sp³-hybridized carbons (Fsp3) is 0.389. The Morgan fingerprint density at radius 1 is 1.30 bits per heavy atom. The zero-order valence-corrected chi connectivity index (χ0v) is 15.2. The lowest BCUT2D eigenvalue weighted by atomic mass is 9.96. The lowest BCUT2D eigenvalue weighted by Crippen LogP contribution is -2.40. The van der Waals surface area contributed by atoms with Crippen molar-refractivity contribution in [2.45, 2.75) is 32.1 Å². The second-order valence-corrected chi connectivity index (χ2v) is 6.51. The first-order valence-corrected chi connectivity index (χ1v) is 9.16. The molecule has 2 N–H and O–H groups in total. The van der Waals surface area contributed by atoms with Gasteiger partial charge in [0.1, 0.15) is 5.82 Å². The molecule has 1 fully saturated rings. The minimum absolute atomic E-state index is 0.126. The highest BCUT2D eigenvalue weighted by molar-refractivity contribution is 5.91. The summed E-state index contributed by atoms with van der Waals surface area (Å²) in [5.41, 5.74) is 0.634. The van der Waals surface area contributed by atoms with Crippen LogP contribution in [0.15, 0.2) is 36.8 Å². The van der Waals surface area contributed by atoms with Gasteiger partial charge in [-0.1, -0.05) is 6.92 Å². The van der Waals surface area contributed by atoms with E-state index in [0.29, 0.717) is 30.5 Å². The number of hydrogen-bond donors (Lipinski definition) is 2. The van der Waals surface area contributed by atoms with E-state index in [-0.39, 0.29) is 6.03 Å². The van der Waals surface area contributed by atoms with Crippen molar-refractivity contribution in [3.63, 3.8) is 0 Å². The van der Waals surface area contributed by atoms with E-state index in [9.17, 15) is 4.79 Å². The summed E-state index contributed by atoms with van der Waals surface area (Å²) in [5.74, 6) is 2.66. The molecular weight excluding hydrogens is 344 g/mol. The Morgan fingerprint density at radius 3 is 2.85 bits per heavy atom. The molecule has 0 spiro atoms.